The summed E-state index contributed by atoms with van der Waals surface area (Å²) in [5.74, 6) is 0. The van der Waals surface area contributed by atoms with Crippen molar-refractivity contribution in [1.82, 2.24) is 9.97 Å². The summed E-state index contributed by atoms with van der Waals surface area (Å²) in [7, 11) is 0. The molecule has 74 valence electrons. The first-order chi connectivity index (χ1) is 6.70. The van der Waals surface area contributed by atoms with Crippen molar-refractivity contribution in [2.75, 3.05) is 0 Å². The van der Waals surface area contributed by atoms with Gasteiger partial charge in [-0.2, -0.15) is 0 Å². The van der Waals surface area contributed by atoms with E-state index in [-0.39, 0.29) is 0 Å². The van der Waals surface area contributed by atoms with Crippen molar-refractivity contribution >= 4 is 10.9 Å². The van der Waals surface area contributed by atoms with E-state index >= 15 is 0 Å². The topological polar surface area (TPSA) is 74.9 Å². The Hall–Kier alpha value is -1.39. The van der Waals surface area contributed by atoms with Crippen molar-refractivity contribution < 1.29 is 5.11 Å². The highest BCUT2D eigenvalue weighted by molar-refractivity contribution is 5.81. The molecule has 0 aliphatic heterocycles. The first kappa shape index (κ1) is 9.18. The van der Waals surface area contributed by atoms with Crippen LogP contribution in [0.5, 0.6) is 0 Å². The van der Waals surface area contributed by atoms with Crippen LogP contribution in [0.3, 0.4) is 0 Å². The number of nitrogens with one attached hydrogen (secondary N) is 1. The first-order valence-electron chi connectivity index (χ1n) is 4.56. The minimum atomic E-state index is -0.594. The second kappa shape index (κ2) is 3.40. The highest BCUT2D eigenvalue weighted by atomic mass is 16.3. The molecule has 4 N–H and O–H groups in total. The average molecular weight is 191 g/mol. The lowest BCUT2D eigenvalue weighted by atomic mass is 10.1. The molecule has 0 unspecified atom stereocenters. The van der Waals surface area contributed by atoms with Crippen LogP contribution in [0.25, 0.3) is 10.9 Å². The van der Waals surface area contributed by atoms with Crippen molar-refractivity contribution in [3.63, 3.8) is 0 Å². The molecule has 0 saturated carbocycles. The van der Waals surface area contributed by atoms with Gasteiger partial charge in [0.05, 0.1) is 17.8 Å². The number of H-pyrrole nitrogens is 1. The average Bonchev–Trinajstić information content (AvgIpc) is 2.63. The molecule has 4 heteroatoms. The molecule has 0 saturated heterocycles. The third-order valence-corrected chi connectivity index (χ3v) is 2.35. The highest BCUT2D eigenvalue weighted by Crippen LogP contribution is 2.21. The van der Waals surface area contributed by atoms with Crippen molar-refractivity contribution in [2.45, 2.75) is 19.1 Å². The Labute approximate surface area is 81.8 Å². The number of pyridine rings is 1. The fraction of sp³-hybridized carbons (Fsp3) is 0.300. The van der Waals surface area contributed by atoms with Crippen molar-refractivity contribution in [1.29, 1.82) is 0 Å². The van der Waals surface area contributed by atoms with Crippen LogP contribution in [-0.4, -0.2) is 21.2 Å². The van der Waals surface area contributed by atoms with Crippen LogP contribution >= 0.6 is 0 Å². The lowest BCUT2D eigenvalue weighted by molar-refractivity contribution is 0.163. The highest BCUT2D eigenvalue weighted by Gasteiger charge is 2.16. The maximum atomic E-state index is 9.40. The van der Waals surface area contributed by atoms with Crippen LogP contribution < -0.4 is 5.73 Å². The number of aromatic amines is 1. The van der Waals surface area contributed by atoms with Crippen LogP contribution in [0.15, 0.2) is 24.5 Å². The van der Waals surface area contributed by atoms with Gasteiger partial charge in [-0.1, -0.05) is 0 Å². The largest absolute Gasteiger partial charge is 0.391 e. The molecule has 2 heterocycles. The summed E-state index contributed by atoms with van der Waals surface area (Å²) >= 11 is 0. The first-order valence-corrected chi connectivity index (χ1v) is 4.56. The van der Waals surface area contributed by atoms with Gasteiger partial charge in [-0.05, 0) is 19.1 Å². The van der Waals surface area contributed by atoms with Crippen LogP contribution in [0.4, 0.5) is 0 Å². The summed E-state index contributed by atoms with van der Waals surface area (Å²) in [6.07, 6.45) is 2.93. The molecule has 2 atom stereocenters. The molecule has 0 radical (unpaired) electrons. The fourth-order valence-corrected chi connectivity index (χ4v) is 1.50. The van der Waals surface area contributed by atoms with E-state index in [1.807, 2.05) is 18.3 Å². The number of hydrogen-bond donors (Lipinski definition) is 3. The summed E-state index contributed by atoms with van der Waals surface area (Å²) in [5, 5.41) is 10.4. The van der Waals surface area contributed by atoms with E-state index < -0.39 is 12.1 Å². The molecule has 2 aromatic rings. The van der Waals surface area contributed by atoms with Gasteiger partial charge in [0.2, 0.25) is 0 Å². The Morgan fingerprint density at radius 3 is 3.00 bits per heavy atom. The van der Waals surface area contributed by atoms with Gasteiger partial charge in [-0.25, -0.2) is 0 Å². The molecular weight excluding hydrogens is 178 g/mol. The third kappa shape index (κ3) is 1.38. The van der Waals surface area contributed by atoms with E-state index in [9.17, 15) is 5.11 Å². The minimum absolute atomic E-state index is 0.436. The number of nitrogens with zero attached hydrogens (tertiary/aromatic N) is 1. The predicted molar refractivity (Wildman–Crippen MR) is 54.7 cm³/mol. The van der Waals surface area contributed by atoms with E-state index in [0.29, 0.717) is 0 Å². The molecule has 2 rings (SSSR count). The number of nitrogens with two attached hydrogens (primary N) is 1. The molecule has 0 bridgehead atoms. The minimum Gasteiger partial charge on any atom is -0.391 e. The zero-order chi connectivity index (χ0) is 10.1. The number of hydrogen-bond acceptors (Lipinski definition) is 3. The van der Waals surface area contributed by atoms with Gasteiger partial charge in [0.25, 0.3) is 0 Å². The zero-order valence-electron chi connectivity index (χ0n) is 7.94. The number of aliphatic hydroxyl groups excluding tert-OH is 1. The Morgan fingerprint density at radius 2 is 2.29 bits per heavy atom. The molecule has 0 aliphatic rings. The standard InChI is InChI=1S/C10H13N3O/c1-6(14)9(11)10-7-2-4-12-8(7)3-5-13-10/h2-6,9,12,14H,11H2,1H3/t6-,9+/m0/s1. The van der Waals surface area contributed by atoms with Gasteiger partial charge in [0.1, 0.15) is 0 Å². The lowest BCUT2D eigenvalue weighted by Crippen LogP contribution is -2.24. The number of aliphatic hydroxyl groups is 1. The molecule has 0 aromatic carbocycles. The zero-order valence-corrected chi connectivity index (χ0v) is 7.94. The van der Waals surface area contributed by atoms with Crippen LogP contribution in [-0.2, 0) is 0 Å². The molecule has 0 spiro atoms. The van der Waals surface area contributed by atoms with Gasteiger partial charge in [0.15, 0.2) is 0 Å². The van der Waals surface area contributed by atoms with Crippen LogP contribution in [0.1, 0.15) is 18.7 Å². The van der Waals surface area contributed by atoms with Gasteiger partial charge >= 0.3 is 0 Å². The summed E-state index contributed by atoms with van der Waals surface area (Å²) in [6, 6.07) is 3.36. The Morgan fingerprint density at radius 1 is 1.50 bits per heavy atom. The van der Waals surface area contributed by atoms with Gasteiger partial charge in [-0.3, -0.25) is 4.98 Å². The van der Waals surface area contributed by atoms with Gasteiger partial charge in [-0.15, -0.1) is 0 Å². The predicted octanol–water partition coefficient (Wildman–Crippen LogP) is 0.943. The Balaban J connectivity index is 2.56. The number of fused-ring (bicyclic) bond motifs is 1. The lowest BCUT2D eigenvalue weighted by Gasteiger charge is -2.14. The van der Waals surface area contributed by atoms with E-state index in [2.05, 4.69) is 9.97 Å². The molecule has 0 aliphatic carbocycles. The SMILES string of the molecule is C[C@H](O)[C@@H](N)c1nccc2[nH]ccc12. The second-order valence-electron chi connectivity index (χ2n) is 3.40. The molecule has 2 aromatic heterocycles. The Kier molecular flexibility index (Phi) is 2.23. The van der Waals surface area contributed by atoms with Crippen molar-refractivity contribution in [3.8, 4) is 0 Å². The maximum Gasteiger partial charge on any atom is 0.0737 e. The summed E-state index contributed by atoms with van der Waals surface area (Å²) < 4.78 is 0. The van der Waals surface area contributed by atoms with E-state index in [1.165, 1.54) is 0 Å². The second-order valence-corrected chi connectivity index (χ2v) is 3.40. The monoisotopic (exact) mass is 191 g/mol. The molecule has 0 amide bonds. The quantitative estimate of drug-likeness (QED) is 0.661. The molecular formula is C10H13N3O. The molecule has 14 heavy (non-hydrogen) atoms. The maximum absolute atomic E-state index is 9.40. The smallest absolute Gasteiger partial charge is 0.0737 e. The van der Waals surface area contributed by atoms with Crippen LogP contribution in [0.2, 0.25) is 0 Å². The fourth-order valence-electron chi connectivity index (χ4n) is 1.50. The van der Waals surface area contributed by atoms with Crippen molar-refractivity contribution in [3.05, 3.63) is 30.2 Å². The normalized spacial score (nSPS) is 15.6. The summed E-state index contributed by atoms with van der Waals surface area (Å²) in [5.41, 5.74) is 7.56. The Bertz CT molecular complexity index is 436. The number of rotatable bonds is 2. The molecule has 0 fully saturated rings. The summed E-state index contributed by atoms with van der Waals surface area (Å²) in [4.78, 5) is 7.27. The van der Waals surface area contributed by atoms with Crippen LogP contribution in [0, 0.1) is 0 Å². The number of aromatic nitrogens is 2. The van der Waals surface area contributed by atoms with Crippen molar-refractivity contribution in [2.24, 2.45) is 5.73 Å². The van der Waals surface area contributed by atoms with E-state index in [4.69, 9.17) is 5.73 Å². The van der Waals surface area contributed by atoms with Gasteiger partial charge in [0, 0.05) is 23.3 Å². The third-order valence-electron chi connectivity index (χ3n) is 2.35. The van der Waals surface area contributed by atoms with E-state index in [1.54, 1.807) is 13.1 Å². The van der Waals surface area contributed by atoms with E-state index in [0.717, 1.165) is 16.6 Å². The summed E-state index contributed by atoms with van der Waals surface area (Å²) in [6.45, 7) is 1.66. The van der Waals surface area contributed by atoms with Gasteiger partial charge < -0.3 is 15.8 Å². The molecule has 4 nitrogen and oxygen atoms in total.